The van der Waals surface area contributed by atoms with Gasteiger partial charge < -0.3 is 0 Å². The van der Waals surface area contributed by atoms with Crippen molar-refractivity contribution < 1.29 is 8.78 Å². The normalized spacial score (nSPS) is 9.83. The molecule has 4 heteroatoms. The first-order valence-corrected chi connectivity index (χ1v) is 5.02. The van der Waals surface area contributed by atoms with Gasteiger partial charge in [-0.15, -0.1) is 0 Å². The molecule has 0 amide bonds. The zero-order valence-electron chi connectivity index (χ0n) is 6.00. The molecule has 1 aromatic rings. The fourth-order valence-corrected chi connectivity index (χ4v) is 1.76. The van der Waals surface area contributed by atoms with Gasteiger partial charge in [0.05, 0.1) is 0 Å². The quantitative estimate of drug-likeness (QED) is 0.700. The molecule has 0 N–H and O–H groups in total. The van der Waals surface area contributed by atoms with Crippen molar-refractivity contribution in [3.05, 3.63) is 29.8 Å². The van der Waals surface area contributed by atoms with Gasteiger partial charge >= 0.3 is 74.7 Å². The van der Waals surface area contributed by atoms with E-state index in [1.165, 1.54) is 0 Å². The summed E-state index contributed by atoms with van der Waals surface area (Å²) in [6.07, 6.45) is 0. The van der Waals surface area contributed by atoms with Crippen LogP contribution >= 0.6 is 0 Å². The summed E-state index contributed by atoms with van der Waals surface area (Å²) < 4.78 is 24.4. The van der Waals surface area contributed by atoms with E-state index >= 15 is 0 Å². The minimum atomic E-state index is -2.26. The van der Waals surface area contributed by atoms with Crippen LogP contribution in [-0.2, 0) is 0 Å². The Morgan fingerprint density at radius 3 is 2.25 bits per heavy atom. The number of halogens is 2. The molecular formula is C8H5F2NSe. The fraction of sp³-hybridized carbons (Fsp3) is 0.125. The first-order valence-electron chi connectivity index (χ1n) is 3.17. The average Bonchev–Trinajstić information content (AvgIpc) is 2.05. The predicted molar refractivity (Wildman–Crippen MR) is 42.5 cm³/mol. The Kier molecular flexibility index (Phi) is 3.21. The van der Waals surface area contributed by atoms with E-state index < -0.39 is 20.3 Å². The standard InChI is InChI=1S/C8H5F2NSe/c9-8(10)12-7-3-1-6(5-11)2-4-7/h1-4,8H. The summed E-state index contributed by atoms with van der Waals surface area (Å²) in [5, 5.41) is 6.16. The van der Waals surface area contributed by atoms with Crippen molar-refractivity contribution in [2.24, 2.45) is 0 Å². The Morgan fingerprint density at radius 1 is 1.25 bits per heavy atom. The molecule has 1 nitrogen and oxygen atoms in total. The summed E-state index contributed by atoms with van der Waals surface area (Å²) in [4.78, 5) is 0. The van der Waals surface area contributed by atoms with Crippen molar-refractivity contribution in [2.75, 3.05) is 0 Å². The molecule has 0 atom stereocenters. The summed E-state index contributed by atoms with van der Waals surface area (Å²) in [5.41, 5.74) is 0.504. The minimum absolute atomic E-state index is 0.504. The second-order valence-electron chi connectivity index (χ2n) is 2.01. The van der Waals surface area contributed by atoms with Gasteiger partial charge in [-0.05, 0) is 0 Å². The molecule has 0 bridgehead atoms. The molecule has 0 saturated heterocycles. The first kappa shape index (κ1) is 9.18. The zero-order chi connectivity index (χ0) is 8.97. The zero-order valence-corrected chi connectivity index (χ0v) is 7.71. The third-order valence-corrected chi connectivity index (χ3v) is 2.72. The maximum atomic E-state index is 11.9. The maximum absolute atomic E-state index is 11.9. The Labute approximate surface area is 75.2 Å². The van der Waals surface area contributed by atoms with Crippen molar-refractivity contribution in [2.45, 2.75) is 5.32 Å². The van der Waals surface area contributed by atoms with Crippen molar-refractivity contribution in [1.29, 1.82) is 5.26 Å². The molecule has 12 heavy (non-hydrogen) atoms. The van der Waals surface area contributed by atoms with Gasteiger partial charge in [-0.25, -0.2) is 0 Å². The molecule has 0 spiro atoms. The van der Waals surface area contributed by atoms with Crippen molar-refractivity contribution in [1.82, 2.24) is 0 Å². The summed E-state index contributed by atoms with van der Waals surface area (Å²) in [7, 11) is 0. The predicted octanol–water partition coefficient (Wildman–Crippen LogP) is 1.11. The van der Waals surface area contributed by atoms with E-state index in [2.05, 4.69) is 0 Å². The molecule has 0 heterocycles. The molecule has 1 rings (SSSR count). The van der Waals surface area contributed by atoms with E-state index in [1.54, 1.807) is 24.3 Å². The number of hydrogen-bond acceptors (Lipinski definition) is 1. The number of benzene rings is 1. The van der Waals surface area contributed by atoms with Crippen molar-refractivity contribution in [3.8, 4) is 6.07 Å². The molecule has 0 aliphatic carbocycles. The number of nitriles is 1. The van der Waals surface area contributed by atoms with Gasteiger partial charge in [-0.2, -0.15) is 0 Å². The Balaban J connectivity index is 2.73. The third kappa shape index (κ3) is 2.61. The van der Waals surface area contributed by atoms with Gasteiger partial charge in [-0.1, -0.05) is 0 Å². The summed E-state index contributed by atoms with van der Waals surface area (Å²) in [6.45, 7) is 0. The molecule has 0 radical (unpaired) electrons. The molecule has 0 aliphatic heterocycles. The molecule has 0 unspecified atom stereocenters. The number of rotatable bonds is 2. The summed E-state index contributed by atoms with van der Waals surface area (Å²) >= 11 is -0.784. The Morgan fingerprint density at radius 2 is 1.83 bits per heavy atom. The van der Waals surface area contributed by atoms with Crippen LogP contribution in [0.4, 0.5) is 8.78 Å². The van der Waals surface area contributed by atoms with E-state index in [0.717, 1.165) is 0 Å². The number of alkyl halides is 2. The summed E-state index contributed by atoms with van der Waals surface area (Å²) in [6, 6.07) is 8.19. The van der Waals surface area contributed by atoms with E-state index in [9.17, 15) is 8.78 Å². The van der Waals surface area contributed by atoms with Gasteiger partial charge in [0, 0.05) is 0 Å². The molecule has 0 aliphatic rings. The third-order valence-electron chi connectivity index (χ3n) is 1.21. The van der Waals surface area contributed by atoms with Crippen LogP contribution in [0.1, 0.15) is 5.56 Å². The van der Waals surface area contributed by atoms with Crippen molar-refractivity contribution >= 4 is 19.4 Å². The number of hydrogen-bond donors (Lipinski definition) is 0. The second kappa shape index (κ2) is 4.20. The van der Waals surface area contributed by atoms with E-state index in [0.29, 0.717) is 10.0 Å². The second-order valence-corrected chi connectivity index (χ2v) is 4.25. The molecule has 0 aromatic heterocycles. The van der Waals surface area contributed by atoms with E-state index in [4.69, 9.17) is 5.26 Å². The SMILES string of the molecule is N#Cc1ccc([Se]C(F)F)cc1. The number of nitrogens with zero attached hydrogens (tertiary/aromatic N) is 1. The molecule has 62 valence electrons. The van der Waals surface area contributed by atoms with Gasteiger partial charge in [-0.3, -0.25) is 0 Å². The molecule has 0 saturated carbocycles. The topological polar surface area (TPSA) is 23.8 Å². The van der Waals surface area contributed by atoms with Crippen LogP contribution in [0.15, 0.2) is 24.3 Å². The average molecular weight is 232 g/mol. The first-order chi connectivity index (χ1) is 5.72. The fourth-order valence-electron chi connectivity index (χ4n) is 0.711. The Hall–Kier alpha value is -0.911. The van der Waals surface area contributed by atoms with Crippen LogP contribution in [0.2, 0.25) is 0 Å². The summed E-state index contributed by atoms with van der Waals surface area (Å²) in [5.74, 6) is 0. The van der Waals surface area contributed by atoms with Gasteiger partial charge in [0.15, 0.2) is 0 Å². The Bertz CT molecular complexity index is 289. The van der Waals surface area contributed by atoms with Crippen LogP contribution in [0.5, 0.6) is 0 Å². The molecule has 1 aromatic carbocycles. The van der Waals surface area contributed by atoms with Crippen LogP contribution in [0, 0.1) is 11.3 Å². The monoisotopic (exact) mass is 233 g/mol. The van der Waals surface area contributed by atoms with Crippen LogP contribution in [0.25, 0.3) is 0 Å². The van der Waals surface area contributed by atoms with E-state index in [1.807, 2.05) is 6.07 Å². The van der Waals surface area contributed by atoms with Crippen LogP contribution in [0.3, 0.4) is 0 Å². The van der Waals surface area contributed by atoms with Crippen LogP contribution in [-0.4, -0.2) is 20.3 Å². The van der Waals surface area contributed by atoms with Gasteiger partial charge in [0.25, 0.3) is 0 Å². The van der Waals surface area contributed by atoms with Crippen LogP contribution < -0.4 is 4.46 Å². The molecular weight excluding hydrogens is 227 g/mol. The molecule has 0 fully saturated rings. The van der Waals surface area contributed by atoms with E-state index in [-0.39, 0.29) is 0 Å². The van der Waals surface area contributed by atoms with Crippen molar-refractivity contribution in [3.63, 3.8) is 0 Å². The van der Waals surface area contributed by atoms with Gasteiger partial charge in [0.1, 0.15) is 0 Å². The van der Waals surface area contributed by atoms with Gasteiger partial charge in [0.2, 0.25) is 0 Å².